The van der Waals surface area contributed by atoms with Crippen molar-refractivity contribution in [1.82, 2.24) is 9.99 Å². The molecule has 1 N–H and O–H groups in total. The van der Waals surface area contributed by atoms with Gasteiger partial charge in [-0.3, -0.25) is 4.79 Å². The minimum absolute atomic E-state index is 0.122. The molecule has 2 heterocycles. The summed E-state index contributed by atoms with van der Waals surface area (Å²) in [4.78, 5) is 24.1. The van der Waals surface area contributed by atoms with Crippen LogP contribution < -0.4 is 14.9 Å². The van der Waals surface area contributed by atoms with Crippen molar-refractivity contribution in [2.24, 2.45) is 5.10 Å². The van der Waals surface area contributed by atoms with Crippen molar-refractivity contribution in [2.75, 3.05) is 6.61 Å². The van der Waals surface area contributed by atoms with Gasteiger partial charge >= 0.3 is 11.9 Å². The lowest BCUT2D eigenvalue weighted by Gasteiger charge is -2.10. The molecule has 4 rings (SSSR count). The molecule has 40 heavy (non-hydrogen) atoms. The van der Waals surface area contributed by atoms with Gasteiger partial charge in [0.15, 0.2) is 12.4 Å². The van der Waals surface area contributed by atoms with Crippen LogP contribution in [0.1, 0.15) is 47.1 Å². The van der Waals surface area contributed by atoms with Crippen LogP contribution in [0.25, 0.3) is 5.69 Å². The van der Waals surface area contributed by atoms with E-state index < -0.39 is 11.9 Å². The molecule has 0 radical (unpaired) electrons. The lowest BCUT2D eigenvalue weighted by atomic mass is 10.2. The number of nitrogens with one attached hydrogen (secondary N) is 1. The number of aryl methyl sites for hydroxylation is 2. The van der Waals surface area contributed by atoms with Gasteiger partial charge in [0.05, 0.1) is 15.9 Å². The van der Waals surface area contributed by atoms with Crippen LogP contribution in [0, 0.1) is 17.4 Å². The van der Waals surface area contributed by atoms with Crippen LogP contribution >= 0.6 is 22.6 Å². The van der Waals surface area contributed by atoms with E-state index in [0.29, 0.717) is 17.3 Å². The number of hydrazone groups is 1. The number of aromatic nitrogens is 1. The van der Waals surface area contributed by atoms with E-state index >= 15 is 0 Å². The molecule has 0 spiro atoms. The van der Waals surface area contributed by atoms with E-state index in [9.17, 15) is 9.59 Å². The highest BCUT2D eigenvalue weighted by Crippen LogP contribution is 2.22. The number of furan rings is 1. The maximum absolute atomic E-state index is 12.4. The van der Waals surface area contributed by atoms with Gasteiger partial charge in [0, 0.05) is 17.1 Å². The Morgan fingerprint density at radius 2 is 1.73 bits per heavy atom. The zero-order valence-corrected chi connectivity index (χ0v) is 24.8. The van der Waals surface area contributed by atoms with Crippen LogP contribution in [0.3, 0.4) is 0 Å². The lowest BCUT2D eigenvalue weighted by Crippen LogP contribution is -2.19. The summed E-state index contributed by atoms with van der Waals surface area (Å²) in [7, 11) is 0. The molecule has 0 aliphatic carbocycles. The number of rotatable bonds is 11. The SMILES string of the molecule is Cc1ccc(C)n1-c1ccc(OCc2ccc(C(=O)N/N=C/c3ccc(OCC(=O)OC(C)C)c(I)c3)o2)cc1. The van der Waals surface area contributed by atoms with Crippen molar-refractivity contribution < 1.29 is 28.2 Å². The molecule has 10 heteroatoms. The molecular formula is C30H30IN3O6. The van der Waals surface area contributed by atoms with Crippen LogP contribution in [-0.4, -0.2) is 35.4 Å². The molecule has 0 saturated heterocycles. The van der Waals surface area contributed by atoms with Crippen LogP contribution in [0.2, 0.25) is 0 Å². The number of nitrogens with zero attached hydrogens (tertiary/aromatic N) is 2. The highest BCUT2D eigenvalue weighted by atomic mass is 127. The number of amides is 1. The Balaban J connectivity index is 1.25. The van der Waals surface area contributed by atoms with Crippen molar-refractivity contribution in [3.05, 3.63) is 98.8 Å². The van der Waals surface area contributed by atoms with E-state index in [-0.39, 0.29) is 25.1 Å². The first-order valence-corrected chi connectivity index (χ1v) is 13.7. The van der Waals surface area contributed by atoms with Gasteiger partial charge < -0.3 is 23.2 Å². The van der Waals surface area contributed by atoms with Gasteiger partial charge in [-0.25, -0.2) is 10.2 Å². The second-order valence-corrected chi connectivity index (χ2v) is 10.4. The first kappa shape index (κ1) is 28.9. The predicted molar refractivity (Wildman–Crippen MR) is 159 cm³/mol. The number of ether oxygens (including phenoxy) is 3. The van der Waals surface area contributed by atoms with Crippen LogP contribution in [0.15, 0.2) is 76.2 Å². The quantitative estimate of drug-likeness (QED) is 0.0926. The van der Waals surface area contributed by atoms with Crippen molar-refractivity contribution in [1.29, 1.82) is 0 Å². The zero-order valence-electron chi connectivity index (χ0n) is 22.6. The highest BCUT2D eigenvalue weighted by molar-refractivity contribution is 14.1. The van der Waals surface area contributed by atoms with Crippen molar-refractivity contribution in [3.8, 4) is 17.2 Å². The van der Waals surface area contributed by atoms with E-state index in [1.165, 1.54) is 6.21 Å². The third kappa shape index (κ3) is 7.75. The van der Waals surface area contributed by atoms with Crippen LogP contribution in [0.5, 0.6) is 11.5 Å². The summed E-state index contributed by atoms with van der Waals surface area (Å²) in [5.41, 5.74) is 6.58. The van der Waals surface area contributed by atoms with E-state index in [1.54, 1.807) is 38.1 Å². The molecule has 0 aliphatic rings. The zero-order chi connectivity index (χ0) is 28.6. The summed E-state index contributed by atoms with van der Waals surface area (Å²) in [5.74, 6) is 0.963. The maximum Gasteiger partial charge on any atom is 0.344 e. The first-order chi connectivity index (χ1) is 19.2. The molecule has 208 valence electrons. The number of hydrogen-bond acceptors (Lipinski definition) is 7. The molecule has 0 bridgehead atoms. The molecule has 1 amide bonds. The Labute approximate surface area is 246 Å². The van der Waals surface area contributed by atoms with E-state index in [1.807, 2.05) is 30.3 Å². The average molecular weight is 655 g/mol. The second-order valence-electron chi connectivity index (χ2n) is 9.22. The topological polar surface area (TPSA) is 104 Å². The van der Waals surface area contributed by atoms with Crippen molar-refractivity contribution in [2.45, 2.75) is 40.4 Å². The Morgan fingerprint density at radius 3 is 2.40 bits per heavy atom. The van der Waals surface area contributed by atoms with Crippen LogP contribution in [-0.2, 0) is 16.1 Å². The molecule has 0 saturated carbocycles. The fourth-order valence-corrected chi connectivity index (χ4v) is 4.56. The van der Waals surface area contributed by atoms with E-state index in [2.05, 4.69) is 63.7 Å². The van der Waals surface area contributed by atoms with Gasteiger partial charge in [-0.05, 0) is 123 Å². The van der Waals surface area contributed by atoms with E-state index in [4.69, 9.17) is 18.6 Å². The Kier molecular flexibility index (Phi) is 9.65. The smallest absolute Gasteiger partial charge is 0.344 e. The van der Waals surface area contributed by atoms with Gasteiger partial charge in [-0.15, -0.1) is 0 Å². The summed E-state index contributed by atoms with van der Waals surface area (Å²) in [6.07, 6.45) is 1.31. The average Bonchev–Trinajstić information content (AvgIpc) is 3.53. The third-order valence-corrected chi connectivity index (χ3v) is 6.52. The standard InChI is InChI=1S/C30H30IN3O6/c1-19(2)39-29(35)18-38-27-13-7-22(15-26(27)31)16-32-33-30(36)28-14-12-25(40-28)17-37-24-10-8-23(9-11-24)34-20(3)5-6-21(34)4/h5-16,19H,17-18H2,1-4H3,(H,33,36)/b32-16+. The first-order valence-electron chi connectivity index (χ1n) is 12.6. The number of hydrogen-bond donors (Lipinski definition) is 1. The lowest BCUT2D eigenvalue weighted by molar-refractivity contribution is -0.149. The van der Waals surface area contributed by atoms with Crippen molar-refractivity contribution >= 4 is 40.7 Å². The van der Waals surface area contributed by atoms with Crippen molar-refractivity contribution in [3.63, 3.8) is 0 Å². The molecule has 9 nitrogen and oxygen atoms in total. The summed E-state index contributed by atoms with van der Waals surface area (Å²) in [5, 5.41) is 4.00. The largest absolute Gasteiger partial charge is 0.486 e. The molecule has 4 aromatic rings. The van der Waals surface area contributed by atoms with Gasteiger partial charge in [0.2, 0.25) is 0 Å². The summed E-state index contributed by atoms with van der Waals surface area (Å²) in [6, 6.07) is 20.5. The minimum Gasteiger partial charge on any atom is -0.486 e. The molecule has 0 fully saturated rings. The fraction of sp³-hybridized carbons (Fsp3) is 0.233. The minimum atomic E-state index is -0.484. The fourth-order valence-electron chi connectivity index (χ4n) is 3.87. The second kappa shape index (κ2) is 13.3. The molecule has 0 unspecified atom stereocenters. The molecule has 2 aromatic heterocycles. The molecule has 2 aromatic carbocycles. The maximum atomic E-state index is 12.4. The van der Waals surface area contributed by atoms with Gasteiger partial charge in [-0.1, -0.05) is 0 Å². The van der Waals surface area contributed by atoms with Crippen LogP contribution in [0.4, 0.5) is 0 Å². The highest BCUT2D eigenvalue weighted by Gasteiger charge is 2.12. The summed E-state index contributed by atoms with van der Waals surface area (Å²) in [6.45, 7) is 7.70. The Bertz CT molecular complexity index is 1480. The van der Waals surface area contributed by atoms with Gasteiger partial charge in [0.25, 0.3) is 0 Å². The van der Waals surface area contributed by atoms with Gasteiger partial charge in [0.1, 0.15) is 23.9 Å². The Hall–Kier alpha value is -4.06. The Morgan fingerprint density at radius 1 is 1.00 bits per heavy atom. The monoisotopic (exact) mass is 655 g/mol. The third-order valence-electron chi connectivity index (χ3n) is 5.68. The molecule has 0 atom stereocenters. The normalized spacial score (nSPS) is 11.2. The number of halogens is 1. The number of esters is 1. The number of benzene rings is 2. The molecular weight excluding hydrogens is 625 g/mol. The number of carbonyl (C=O) groups is 2. The number of carbonyl (C=O) groups excluding carboxylic acids is 2. The predicted octanol–water partition coefficient (Wildman–Crippen LogP) is 5.97. The summed E-state index contributed by atoms with van der Waals surface area (Å²) >= 11 is 2.10. The summed E-state index contributed by atoms with van der Waals surface area (Å²) < 4.78 is 25.0. The van der Waals surface area contributed by atoms with E-state index in [0.717, 1.165) is 26.2 Å². The molecule has 0 aliphatic heterocycles. The van der Waals surface area contributed by atoms with Gasteiger partial charge in [-0.2, -0.15) is 5.10 Å².